The molecule has 0 aliphatic heterocycles. The number of phenolic OH excluding ortho intramolecular Hbond substituents is 3. The maximum absolute atomic E-state index is 11.0. The van der Waals surface area contributed by atoms with Gasteiger partial charge in [0.05, 0.1) is 0 Å². The molecule has 0 heterocycles. The van der Waals surface area contributed by atoms with E-state index in [1.54, 1.807) is 0 Å². The van der Waals surface area contributed by atoms with Gasteiger partial charge in [0.15, 0.2) is 0 Å². The molecule has 0 aliphatic carbocycles. The van der Waals surface area contributed by atoms with Crippen LogP contribution in [0.3, 0.4) is 0 Å². The second kappa shape index (κ2) is 12.6. The van der Waals surface area contributed by atoms with Crippen LogP contribution >= 0.6 is 0 Å². The minimum atomic E-state index is -0.214. The first-order valence-corrected chi connectivity index (χ1v) is 16.2. The number of hydrogen-bond donors (Lipinski definition) is 3. The predicted molar refractivity (Wildman–Crippen MR) is 183 cm³/mol. The Kier molecular flexibility index (Phi) is 10.1. The van der Waals surface area contributed by atoms with Gasteiger partial charge in [-0.2, -0.15) is 0 Å². The predicted octanol–water partition coefficient (Wildman–Crippen LogP) is 11.1. The van der Waals surface area contributed by atoms with Crippen molar-refractivity contribution in [1.29, 1.82) is 0 Å². The lowest BCUT2D eigenvalue weighted by atomic mass is 9.72. The molecule has 3 nitrogen and oxygen atoms in total. The van der Waals surface area contributed by atoms with Gasteiger partial charge in [0.25, 0.3) is 0 Å². The van der Waals surface area contributed by atoms with Gasteiger partial charge in [0.2, 0.25) is 0 Å². The standard InChI is InChI=1S/C40H58O3/c1-14-15-16-27(28-21-32(38(5,6)7)35(41)17-24(28)2)20-31(29-22-33(39(8,9)10)36(42)18-25(29)3)30-23-34(40(11,12)13)37(43)19-26(30)4/h17-19,21-23,27,31,41-43H,14-16,20H2,1-13H3. The molecular formula is C40H58O3. The van der Waals surface area contributed by atoms with Gasteiger partial charge in [-0.05, 0) is 124 Å². The Labute approximate surface area is 262 Å². The fraction of sp³-hybridized carbons (Fsp3) is 0.550. The Hall–Kier alpha value is -2.94. The number of benzene rings is 3. The van der Waals surface area contributed by atoms with Crippen LogP contribution in [0.4, 0.5) is 0 Å². The Bertz CT molecular complexity index is 1370. The lowest BCUT2D eigenvalue weighted by Crippen LogP contribution is -2.18. The quantitative estimate of drug-likeness (QED) is 0.246. The second-order valence-electron chi connectivity index (χ2n) is 16.1. The lowest BCUT2D eigenvalue weighted by molar-refractivity contribution is 0.442. The average molecular weight is 587 g/mol. The molecule has 1 atom stereocenters. The van der Waals surface area contributed by atoms with Crippen molar-refractivity contribution in [2.45, 2.75) is 144 Å². The van der Waals surface area contributed by atoms with E-state index in [0.29, 0.717) is 17.2 Å². The summed E-state index contributed by atoms with van der Waals surface area (Å²) in [6.45, 7) is 28.0. The summed E-state index contributed by atoms with van der Waals surface area (Å²) in [5, 5.41) is 33.0. The summed E-state index contributed by atoms with van der Waals surface area (Å²) in [7, 11) is 0. The maximum Gasteiger partial charge on any atom is 0.119 e. The molecule has 0 saturated carbocycles. The fourth-order valence-corrected chi connectivity index (χ4v) is 6.68. The van der Waals surface area contributed by atoms with E-state index in [2.05, 4.69) is 108 Å². The van der Waals surface area contributed by atoms with E-state index >= 15 is 0 Å². The monoisotopic (exact) mass is 586 g/mol. The van der Waals surface area contributed by atoms with Crippen molar-refractivity contribution in [1.82, 2.24) is 0 Å². The van der Waals surface area contributed by atoms with E-state index in [1.807, 2.05) is 18.2 Å². The van der Waals surface area contributed by atoms with Crippen LogP contribution in [0, 0.1) is 20.8 Å². The molecule has 0 bridgehead atoms. The SMILES string of the molecule is CCCCC(CC(c1cc(C(C)(C)C)c(O)cc1C)c1cc(C(C)(C)C)c(O)cc1C)c1cc(C(C)(C)C)c(O)cc1C. The smallest absolute Gasteiger partial charge is 0.119 e. The third kappa shape index (κ3) is 7.78. The van der Waals surface area contributed by atoms with Gasteiger partial charge in [-0.1, -0.05) is 100 Å². The molecule has 0 fully saturated rings. The molecule has 43 heavy (non-hydrogen) atoms. The van der Waals surface area contributed by atoms with Crippen LogP contribution in [-0.4, -0.2) is 15.3 Å². The van der Waals surface area contributed by atoms with Crippen LogP contribution in [0.25, 0.3) is 0 Å². The van der Waals surface area contributed by atoms with Crippen LogP contribution in [0.15, 0.2) is 36.4 Å². The highest BCUT2D eigenvalue weighted by Crippen LogP contribution is 2.46. The van der Waals surface area contributed by atoms with E-state index in [4.69, 9.17) is 0 Å². The van der Waals surface area contributed by atoms with E-state index in [-0.39, 0.29) is 28.1 Å². The zero-order valence-electron chi connectivity index (χ0n) is 29.3. The largest absolute Gasteiger partial charge is 0.508 e. The van der Waals surface area contributed by atoms with Crippen molar-refractivity contribution in [3.8, 4) is 17.2 Å². The van der Waals surface area contributed by atoms with E-state index in [0.717, 1.165) is 59.1 Å². The highest BCUT2D eigenvalue weighted by Gasteiger charge is 2.31. The van der Waals surface area contributed by atoms with Crippen molar-refractivity contribution < 1.29 is 15.3 Å². The normalized spacial score (nSPS) is 13.5. The summed E-state index contributed by atoms with van der Waals surface area (Å²) in [4.78, 5) is 0. The summed E-state index contributed by atoms with van der Waals surface area (Å²) < 4.78 is 0. The summed E-state index contributed by atoms with van der Waals surface area (Å²) in [5.41, 5.74) is 9.32. The Balaban J connectivity index is 2.37. The first kappa shape index (κ1) is 34.5. The number of aromatic hydroxyl groups is 3. The van der Waals surface area contributed by atoms with Crippen molar-refractivity contribution >= 4 is 0 Å². The molecule has 3 rings (SSSR count). The molecule has 0 spiro atoms. The van der Waals surface area contributed by atoms with Crippen molar-refractivity contribution in [3.63, 3.8) is 0 Å². The summed E-state index contributed by atoms with van der Waals surface area (Å²) in [6, 6.07) is 12.6. The second-order valence-corrected chi connectivity index (χ2v) is 16.1. The molecule has 1 unspecified atom stereocenters. The van der Waals surface area contributed by atoms with Gasteiger partial charge >= 0.3 is 0 Å². The Morgan fingerprint density at radius 2 is 0.860 bits per heavy atom. The number of rotatable bonds is 8. The molecule has 0 aliphatic rings. The van der Waals surface area contributed by atoms with Crippen LogP contribution in [-0.2, 0) is 16.2 Å². The highest BCUT2D eigenvalue weighted by molar-refractivity contribution is 5.53. The van der Waals surface area contributed by atoms with E-state index in [1.165, 1.54) is 16.7 Å². The van der Waals surface area contributed by atoms with E-state index in [9.17, 15) is 15.3 Å². The lowest BCUT2D eigenvalue weighted by Gasteiger charge is -2.32. The molecule has 0 saturated heterocycles. The minimum Gasteiger partial charge on any atom is -0.508 e. The summed E-state index contributed by atoms with van der Waals surface area (Å²) >= 11 is 0. The first-order chi connectivity index (χ1) is 19.7. The van der Waals surface area contributed by atoms with Crippen LogP contribution in [0.1, 0.15) is 157 Å². The minimum absolute atomic E-state index is 0.0524. The third-order valence-electron chi connectivity index (χ3n) is 9.19. The van der Waals surface area contributed by atoms with Gasteiger partial charge in [-0.3, -0.25) is 0 Å². The number of phenols is 3. The topological polar surface area (TPSA) is 60.7 Å². The summed E-state index contributed by atoms with van der Waals surface area (Å²) in [6.07, 6.45) is 4.17. The van der Waals surface area contributed by atoms with Gasteiger partial charge in [0.1, 0.15) is 17.2 Å². The molecule has 0 radical (unpaired) electrons. The maximum atomic E-state index is 11.0. The van der Waals surface area contributed by atoms with E-state index < -0.39 is 0 Å². The molecule has 0 aromatic heterocycles. The molecule has 3 heteroatoms. The molecule has 3 N–H and O–H groups in total. The average Bonchev–Trinajstić information content (AvgIpc) is 2.83. The third-order valence-corrected chi connectivity index (χ3v) is 9.19. The summed E-state index contributed by atoms with van der Waals surface area (Å²) in [5.74, 6) is 1.38. The number of unbranched alkanes of at least 4 members (excludes halogenated alkanes) is 1. The number of aryl methyl sites for hydroxylation is 3. The van der Waals surface area contributed by atoms with Crippen LogP contribution in [0.2, 0.25) is 0 Å². The molecule has 0 amide bonds. The van der Waals surface area contributed by atoms with Crippen molar-refractivity contribution in [2.24, 2.45) is 0 Å². The van der Waals surface area contributed by atoms with Gasteiger partial charge in [0, 0.05) is 5.92 Å². The van der Waals surface area contributed by atoms with Crippen LogP contribution < -0.4 is 0 Å². The Morgan fingerprint density at radius 3 is 1.19 bits per heavy atom. The van der Waals surface area contributed by atoms with Crippen LogP contribution in [0.5, 0.6) is 17.2 Å². The number of hydrogen-bond acceptors (Lipinski definition) is 3. The van der Waals surface area contributed by atoms with Gasteiger partial charge < -0.3 is 15.3 Å². The first-order valence-electron chi connectivity index (χ1n) is 16.2. The van der Waals surface area contributed by atoms with Gasteiger partial charge in [-0.25, -0.2) is 0 Å². The van der Waals surface area contributed by atoms with Crippen molar-refractivity contribution in [3.05, 3.63) is 86.5 Å². The molecule has 3 aromatic rings. The fourth-order valence-electron chi connectivity index (χ4n) is 6.68. The molecular weight excluding hydrogens is 528 g/mol. The molecule has 3 aromatic carbocycles. The van der Waals surface area contributed by atoms with Gasteiger partial charge in [-0.15, -0.1) is 0 Å². The molecule has 236 valence electrons. The van der Waals surface area contributed by atoms with Crippen molar-refractivity contribution in [2.75, 3.05) is 0 Å². The zero-order valence-corrected chi connectivity index (χ0v) is 29.3. The highest BCUT2D eigenvalue weighted by atomic mass is 16.3. The zero-order chi connectivity index (χ0) is 32.7. The Morgan fingerprint density at radius 1 is 0.535 bits per heavy atom.